The zero-order valence-electron chi connectivity index (χ0n) is 17.8. The molecule has 2 N–H and O–H groups in total. The number of aliphatic imine (C=N–C) groups is 2. The Morgan fingerprint density at radius 2 is 1.48 bits per heavy atom. The van der Waals surface area contributed by atoms with Crippen molar-refractivity contribution in [3.8, 4) is 17.2 Å². The molecule has 0 heterocycles. The summed E-state index contributed by atoms with van der Waals surface area (Å²) >= 11 is 3.46. The average Bonchev–Trinajstić information content (AvgIpc) is 2.88. The van der Waals surface area contributed by atoms with E-state index in [9.17, 15) is 0 Å². The van der Waals surface area contributed by atoms with E-state index in [1.807, 2.05) is 72.8 Å². The van der Waals surface area contributed by atoms with Crippen molar-refractivity contribution in [3.63, 3.8) is 0 Å². The van der Waals surface area contributed by atoms with Crippen LogP contribution >= 0.6 is 15.9 Å². The molecule has 0 saturated carbocycles. The first-order valence-corrected chi connectivity index (χ1v) is 11.2. The molecule has 0 radical (unpaired) electrons. The third kappa shape index (κ3) is 5.82. The topological polar surface area (TPSA) is 74.5 Å². The van der Waals surface area contributed by atoms with E-state index in [0.717, 1.165) is 32.3 Å². The molecule has 33 heavy (non-hydrogen) atoms. The Hall–Kier alpha value is -4.01. The summed E-state index contributed by atoms with van der Waals surface area (Å²) in [5.41, 5.74) is 11.9. The molecule has 5 heteroatoms. The van der Waals surface area contributed by atoms with E-state index >= 15 is 0 Å². The lowest BCUT2D eigenvalue weighted by atomic mass is 10.0. The molecule has 0 fully saturated rings. The van der Waals surface area contributed by atoms with E-state index in [-0.39, 0.29) is 0 Å². The molecular formula is C28H21BrN4. The number of amidine groups is 2. The summed E-state index contributed by atoms with van der Waals surface area (Å²) in [6.07, 6.45) is 0. The number of nitrogens with zero attached hydrogens (tertiary/aromatic N) is 3. The molecule has 0 spiro atoms. The van der Waals surface area contributed by atoms with Gasteiger partial charge in [0.1, 0.15) is 5.84 Å². The van der Waals surface area contributed by atoms with Crippen LogP contribution in [0, 0.1) is 11.3 Å². The van der Waals surface area contributed by atoms with Crippen LogP contribution in [0.4, 0.5) is 0 Å². The number of benzene rings is 4. The fraction of sp³-hybridized carbons (Fsp3) is 0.0357. The van der Waals surface area contributed by atoms with Gasteiger partial charge in [-0.05, 0) is 59.2 Å². The standard InChI is InChI=1S/C28H21BrN4/c29-26-15-11-21(12-16-26)19-32-28(23-13-9-20(18-30)10-14-23)33-27(31)25-8-4-7-24(17-25)22-5-2-1-3-6-22/h1-17H,19H2,(H2,31,32,33). The van der Waals surface area contributed by atoms with E-state index in [1.54, 1.807) is 12.1 Å². The summed E-state index contributed by atoms with van der Waals surface area (Å²) in [6, 6.07) is 35.5. The molecule has 0 aromatic heterocycles. The number of hydrogen-bond acceptors (Lipinski definition) is 2. The van der Waals surface area contributed by atoms with Crippen molar-refractivity contribution in [2.24, 2.45) is 15.7 Å². The second kappa shape index (κ2) is 10.5. The van der Waals surface area contributed by atoms with E-state index < -0.39 is 0 Å². The predicted molar refractivity (Wildman–Crippen MR) is 138 cm³/mol. The van der Waals surface area contributed by atoms with Crippen LogP contribution in [0.5, 0.6) is 0 Å². The van der Waals surface area contributed by atoms with Gasteiger partial charge in [-0.25, -0.2) is 4.99 Å². The van der Waals surface area contributed by atoms with Gasteiger partial charge in [-0.1, -0.05) is 76.6 Å². The largest absolute Gasteiger partial charge is 0.383 e. The molecule has 0 aliphatic carbocycles. The van der Waals surface area contributed by atoms with E-state index in [4.69, 9.17) is 21.0 Å². The Morgan fingerprint density at radius 1 is 0.788 bits per heavy atom. The second-order valence-electron chi connectivity index (χ2n) is 7.40. The smallest absolute Gasteiger partial charge is 0.157 e. The first-order chi connectivity index (χ1) is 16.1. The Balaban J connectivity index is 1.69. The Morgan fingerprint density at radius 3 is 2.18 bits per heavy atom. The third-order valence-electron chi connectivity index (χ3n) is 5.09. The molecule has 160 valence electrons. The third-order valence-corrected chi connectivity index (χ3v) is 5.62. The summed E-state index contributed by atoms with van der Waals surface area (Å²) in [6.45, 7) is 0.462. The minimum Gasteiger partial charge on any atom is -0.383 e. The normalized spacial score (nSPS) is 11.8. The lowest BCUT2D eigenvalue weighted by molar-refractivity contribution is 1.06. The van der Waals surface area contributed by atoms with Crippen molar-refractivity contribution in [1.82, 2.24) is 0 Å². The fourth-order valence-electron chi connectivity index (χ4n) is 3.31. The zero-order valence-corrected chi connectivity index (χ0v) is 19.4. The van der Waals surface area contributed by atoms with Crippen molar-refractivity contribution in [2.45, 2.75) is 6.54 Å². The van der Waals surface area contributed by atoms with Crippen molar-refractivity contribution in [2.75, 3.05) is 0 Å². The predicted octanol–water partition coefficient (Wildman–Crippen LogP) is 6.34. The van der Waals surface area contributed by atoms with Crippen LogP contribution < -0.4 is 5.73 Å². The molecule has 0 amide bonds. The molecule has 4 nitrogen and oxygen atoms in total. The lowest BCUT2D eigenvalue weighted by Crippen LogP contribution is -2.16. The summed E-state index contributed by atoms with van der Waals surface area (Å²) in [5, 5.41) is 9.12. The maximum Gasteiger partial charge on any atom is 0.157 e. The number of halogens is 1. The molecular weight excluding hydrogens is 472 g/mol. The number of hydrogen-bond donors (Lipinski definition) is 1. The van der Waals surface area contributed by atoms with Crippen LogP contribution in [0.15, 0.2) is 118 Å². The molecule has 0 aliphatic heterocycles. The highest BCUT2D eigenvalue weighted by atomic mass is 79.9. The molecule has 0 bridgehead atoms. The average molecular weight is 493 g/mol. The molecule has 0 unspecified atom stereocenters. The maximum absolute atomic E-state index is 9.12. The van der Waals surface area contributed by atoms with Gasteiger partial charge < -0.3 is 5.73 Å². The van der Waals surface area contributed by atoms with E-state index in [1.165, 1.54) is 0 Å². The summed E-state index contributed by atoms with van der Waals surface area (Å²) in [4.78, 5) is 9.44. The van der Waals surface area contributed by atoms with Crippen LogP contribution in [0.3, 0.4) is 0 Å². The highest BCUT2D eigenvalue weighted by molar-refractivity contribution is 9.10. The van der Waals surface area contributed by atoms with Gasteiger partial charge in [-0.15, -0.1) is 0 Å². The fourth-order valence-corrected chi connectivity index (χ4v) is 3.57. The first-order valence-electron chi connectivity index (χ1n) is 10.4. The first kappa shape index (κ1) is 22.2. The molecule has 4 aromatic rings. The van der Waals surface area contributed by atoms with E-state index in [0.29, 0.717) is 23.8 Å². The van der Waals surface area contributed by atoms with Crippen LogP contribution in [0.1, 0.15) is 22.3 Å². The number of nitriles is 1. The van der Waals surface area contributed by atoms with Crippen molar-refractivity contribution in [3.05, 3.63) is 130 Å². The number of nitrogens with two attached hydrogens (primary N) is 1. The van der Waals surface area contributed by atoms with Gasteiger partial charge in [0, 0.05) is 15.6 Å². The highest BCUT2D eigenvalue weighted by Crippen LogP contribution is 2.20. The molecule has 0 aliphatic rings. The Labute approximate surface area is 201 Å². The summed E-state index contributed by atoms with van der Waals surface area (Å²) < 4.78 is 1.02. The van der Waals surface area contributed by atoms with Gasteiger partial charge in [-0.2, -0.15) is 5.26 Å². The maximum atomic E-state index is 9.12. The minimum atomic E-state index is 0.381. The second-order valence-corrected chi connectivity index (χ2v) is 8.32. The quantitative estimate of drug-likeness (QED) is 0.260. The highest BCUT2D eigenvalue weighted by Gasteiger charge is 2.08. The van der Waals surface area contributed by atoms with Gasteiger partial charge in [0.25, 0.3) is 0 Å². The molecule has 4 aromatic carbocycles. The molecule has 4 rings (SSSR count). The van der Waals surface area contributed by atoms with Gasteiger partial charge in [0.15, 0.2) is 5.84 Å². The SMILES string of the molecule is N#Cc1ccc(C(N=C(N)c2cccc(-c3ccccc3)c2)=NCc2ccc(Br)cc2)cc1. The van der Waals surface area contributed by atoms with Gasteiger partial charge in [0.05, 0.1) is 18.2 Å². The van der Waals surface area contributed by atoms with Crippen LogP contribution in [0.2, 0.25) is 0 Å². The lowest BCUT2D eigenvalue weighted by Gasteiger charge is -2.08. The monoisotopic (exact) mass is 492 g/mol. The van der Waals surface area contributed by atoms with Gasteiger partial charge >= 0.3 is 0 Å². The van der Waals surface area contributed by atoms with Crippen molar-refractivity contribution in [1.29, 1.82) is 5.26 Å². The summed E-state index contributed by atoms with van der Waals surface area (Å²) in [7, 11) is 0. The van der Waals surface area contributed by atoms with Crippen LogP contribution in [0.25, 0.3) is 11.1 Å². The van der Waals surface area contributed by atoms with Crippen LogP contribution in [-0.4, -0.2) is 11.7 Å². The molecule has 0 atom stereocenters. The van der Waals surface area contributed by atoms with Gasteiger partial charge in [-0.3, -0.25) is 4.99 Å². The minimum absolute atomic E-state index is 0.381. The zero-order chi connectivity index (χ0) is 23.0. The summed E-state index contributed by atoms with van der Waals surface area (Å²) in [5.74, 6) is 0.900. The van der Waals surface area contributed by atoms with Crippen molar-refractivity contribution >= 4 is 27.6 Å². The van der Waals surface area contributed by atoms with Crippen LogP contribution in [-0.2, 0) is 6.54 Å². The number of rotatable bonds is 5. The van der Waals surface area contributed by atoms with Crippen molar-refractivity contribution < 1.29 is 0 Å². The Kier molecular flexibility index (Phi) is 7.09. The Bertz CT molecular complexity index is 1330. The molecule has 0 saturated heterocycles. The van der Waals surface area contributed by atoms with E-state index in [2.05, 4.69) is 40.2 Å². The van der Waals surface area contributed by atoms with Gasteiger partial charge in [0.2, 0.25) is 0 Å².